The summed E-state index contributed by atoms with van der Waals surface area (Å²) in [6.45, 7) is 1.15. The van der Waals surface area contributed by atoms with Crippen LogP contribution in [0.2, 0.25) is 0 Å². The van der Waals surface area contributed by atoms with Crippen LogP contribution in [0.25, 0.3) is 0 Å². The van der Waals surface area contributed by atoms with E-state index in [1.807, 2.05) is 0 Å². The first-order valence-electron chi connectivity index (χ1n) is 4.64. The molecular weight excluding hydrogens is 182 g/mol. The highest BCUT2D eigenvalue weighted by atomic mass is 16.1. The maximum Gasteiger partial charge on any atom is 0.207 e. The van der Waals surface area contributed by atoms with Gasteiger partial charge in [0.2, 0.25) is 6.41 Å². The summed E-state index contributed by atoms with van der Waals surface area (Å²) in [7, 11) is 0. The third-order valence-corrected chi connectivity index (χ3v) is 1.74. The third-order valence-electron chi connectivity index (χ3n) is 1.74. The smallest absolute Gasteiger partial charge is 0.207 e. The Labute approximate surface area is 83.9 Å². The topological polar surface area (TPSA) is 120 Å². The number of hydrogen-bond acceptors (Lipinski definition) is 3. The highest BCUT2D eigenvalue weighted by molar-refractivity contribution is 5.75. The molecule has 7 N–H and O–H groups in total. The molecule has 0 aromatic carbocycles. The molecule has 0 saturated heterocycles. The highest BCUT2D eigenvalue weighted by Gasteiger charge is 2.00. The van der Waals surface area contributed by atoms with Crippen LogP contribution in [0.3, 0.4) is 0 Å². The Morgan fingerprint density at radius 1 is 1.43 bits per heavy atom. The molecule has 0 heterocycles. The van der Waals surface area contributed by atoms with E-state index < -0.39 is 0 Å². The second kappa shape index (κ2) is 8.31. The number of amides is 1. The molecule has 6 heteroatoms. The molecule has 82 valence electrons. The fourth-order valence-corrected chi connectivity index (χ4v) is 1.03. The lowest BCUT2D eigenvalue weighted by Gasteiger charge is -2.09. The third kappa shape index (κ3) is 8.79. The van der Waals surface area contributed by atoms with Crippen LogP contribution in [0, 0.1) is 0 Å². The minimum absolute atomic E-state index is 0.0133. The first kappa shape index (κ1) is 12.7. The molecule has 0 aliphatic heterocycles. The number of hydrogen-bond donors (Lipinski definition) is 4. The van der Waals surface area contributed by atoms with Gasteiger partial charge in [-0.05, 0) is 12.8 Å². The minimum atomic E-state index is 0.0133. The first-order valence-corrected chi connectivity index (χ1v) is 4.64. The van der Waals surface area contributed by atoms with Crippen molar-refractivity contribution in [3.63, 3.8) is 0 Å². The number of nitrogens with zero attached hydrogens (tertiary/aromatic N) is 1. The van der Waals surface area contributed by atoms with Gasteiger partial charge in [-0.3, -0.25) is 9.79 Å². The number of guanidine groups is 1. The second-order valence-corrected chi connectivity index (χ2v) is 3.09. The van der Waals surface area contributed by atoms with E-state index in [4.69, 9.17) is 17.2 Å². The van der Waals surface area contributed by atoms with E-state index >= 15 is 0 Å². The largest absolute Gasteiger partial charge is 0.370 e. The van der Waals surface area contributed by atoms with E-state index in [2.05, 4.69) is 10.3 Å². The second-order valence-electron chi connectivity index (χ2n) is 3.09. The number of rotatable bonds is 8. The van der Waals surface area contributed by atoms with Crippen LogP contribution in [-0.4, -0.2) is 31.5 Å². The van der Waals surface area contributed by atoms with E-state index in [0.717, 1.165) is 19.3 Å². The number of unbranched alkanes of at least 4 members (excludes halogenated alkanes) is 1. The van der Waals surface area contributed by atoms with Gasteiger partial charge >= 0.3 is 0 Å². The van der Waals surface area contributed by atoms with Crippen LogP contribution in [0.5, 0.6) is 0 Å². The van der Waals surface area contributed by atoms with Gasteiger partial charge in [-0.2, -0.15) is 0 Å². The monoisotopic (exact) mass is 201 g/mol. The van der Waals surface area contributed by atoms with Crippen molar-refractivity contribution in [1.29, 1.82) is 0 Å². The van der Waals surface area contributed by atoms with Crippen LogP contribution in [0.4, 0.5) is 0 Å². The van der Waals surface area contributed by atoms with Gasteiger partial charge in [-0.1, -0.05) is 6.42 Å². The average molecular weight is 201 g/mol. The van der Waals surface area contributed by atoms with Gasteiger partial charge in [0, 0.05) is 19.1 Å². The molecule has 0 rings (SSSR count). The first-order chi connectivity index (χ1) is 6.66. The molecule has 0 aliphatic carbocycles. The molecule has 6 nitrogen and oxygen atoms in total. The van der Waals surface area contributed by atoms with E-state index in [1.54, 1.807) is 0 Å². The highest BCUT2D eigenvalue weighted by Crippen LogP contribution is 1.98. The number of nitrogens with two attached hydrogens (primary N) is 3. The maximum atomic E-state index is 9.95. The van der Waals surface area contributed by atoms with Crippen LogP contribution in [0.15, 0.2) is 4.99 Å². The Morgan fingerprint density at radius 2 is 2.14 bits per heavy atom. The van der Waals surface area contributed by atoms with Crippen molar-refractivity contribution in [2.45, 2.75) is 25.3 Å². The molecule has 1 amide bonds. The molecule has 14 heavy (non-hydrogen) atoms. The summed E-state index contributed by atoms with van der Waals surface area (Å²) in [6, 6.07) is 0.0133. The van der Waals surface area contributed by atoms with Gasteiger partial charge in [0.05, 0.1) is 0 Å². The van der Waals surface area contributed by atoms with Crippen LogP contribution in [0.1, 0.15) is 19.3 Å². The Bertz CT molecular complexity index is 179. The molecule has 1 unspecified atom stereocenters. The summed E-state index contributed by atoms with van der Waals surface area (Å²) in [5.74, 6) is 0.122. The SMILES string of the molecule is NC(N)=NCCCCC(N)CNC=O. The van der Waals surface area contributed by atoms with Gasteiger partial charge in [0.1, 0.15) is 0 Å². The van der Waals surface area contributed by atoms with Crippen LogP contribution >= 0.6 is 0 Å². The zero-order valence-corrected chi connectivity index (χ0v) is 8.28. The number of aliphatic imine (C=N–C) groups is 1. The molecule has 0 bridgehead atoms. The molecule has 0 spiro atoms. The summed E-state index contributed by atoms with van der Waals surface area (Å²) in [6.07, 6.45) is 3.38. The quantitative estimate of drug-likeness (QED) is 0.165. The normalized spacial score (nSPS) is 11.8. The molecule has 1 atom stereocenters. The summed E-state index contributed by atoms with van der Waals surface area (Å²) in [5.41, 5.74) is 16.0. The zero-order valence-electron chi connectivity index (χ0n) is 8.28. The van der Waals surface area contributed by atoms with E-state index in [0.29, 0.717) is 19.5 Å². The van der Waals surface area contributed by atoms with Gasteiger partial charge in [-0.25, -0.2) is 0 Å². The summed E-state index contributed by atoms with van der Waals surface area (Å²) < 4.78 is 0. The Kier molecular flexibility index (Phi) is 7.53. The van der Waals surface area contributed by atoms with Crippen molar-refractivity contribution >= 4 is 12.4 Å². The molecule has 0 aromatic heterocycles. The molecule has 0 saturated carbocycles. The van der Waals surface area contributed by atoms with Gasteiger partial charge in [-0.15, -0.1) is 0 Å². The number of carbonyl (C=O) groups excluding carboxylic acids is 1. The van der Waals surface area contributed by atoms with Crippen molar-refractivity contribution in [3.05, 3.63) is 0 Å². The van der Waals surface area contributed by atoms with Gasteiger partial charge in [0.15, 0.2) is 5.96 Å². The summed E-state index contributed by atoms with van der Waals surface area (Å²) in [5, 5.41) is 2.53. The summed E-state index contributed by atoms with van der Waals surface area (Å²) >= 11 is 0. The van der Waals surface area contributed by atoms with Crippen molar-refractivity contribution < 1.29 is 4.79 Å². The number of nitrogens with one attached hydrogen (secondary N) is 1. The predicted molar refractivity (Wildman–Crippen MR) is 56.6 cm³/mol. The van der Waals surface area contributed by atoms with Crippen LogP contribution < -0.4 is 22.5 Å². The maximum absolute atomic E-state index is 9.95. The standard InChI is InChI=1S/C8H19N5O/c9-7(5-12-6-14)3-1-2-4-13-8(10)11/h6-7H,1-5,9H2,(H,12,14)(H4,10,11,13). The fourth-order valence-electron chi connectivity index (χ4n) is 1.03. The molecular formula is C8H19N5O. The molecule has 0 radical (unpaired) electrons. The van der Waals surface area contributed by atoms with Gasteiger partial charge in [0.25, 0.3) is 0 Å². The average Bonchev–Trinajstić information content (AvgIpc) is 2.13. The van der Waals surface area contributed by atoms with Gasteiger partial charge < -0.3 is 22.5 Å². The molecule has 0 aliphatic rings. The lowest BCUT2D eigenvalue weighted by atomic mass is 10.1. The van der Waals surface area contributed by atoms with E-state index in [-0.39, 0.29) is 12.0 Å². The lowest BCUT2D eigenvalue weighted by Crippen LogP contribution is -2.33. The minimum Gasteiger partial charge on any atom is -0.370 e. The van der Waals surface area contributed by atoms with E-state index in [9.17, 15) is 4.79 Å². The lowest BCUT2D eigenvalue weighted by molar-refractivity contribution is -0.109. The molecule has 0 fully saturated rings. The molecule has 0 aromatic rings. The fraction of sp³-hybridized carbons (Fsp3) is 0.750. The van der Waals surface area contributed by atoms with Crippen LogP contribution in [-0.2, 0) is 4.79 Å². The zero-order chi connectivity index (χ0) is 10.8. The van der Waals surface area contributed by atoms with Crippen molar-refractivity contribution in [2.75, 3.05) is 13.1 Å². The van der Waals surface area contributed by atoms with Crippen molar-refractivity contribution in [1.82, 2.24) is 5.32 Å². The van der Waals surface area contributed by atoms with Crippen molar-refractivity contribution in [2.24, 2.45) is 22.2 Å². The summed E-state index contributed by atoms with van der Waals surface area (Å²) in [4.78, 5) is 13.8. The Morgan fingerprint density at radius 3 is 2.71 bits per heavy atom. The van der Waals surface area contributed by atoms with Crippen molar-refractivity contribution in [3.8, 4) is 0 Å². The number of carbonyl (C=O) groups is 1. The Hall–Kier alpha value is -1.30. The predicted octanol–water partition coefficient (Wildman–Crippen LogP) is -1.50. The Balaban J connectivity index is 3.26. The van der Waals surface area contributed by atoms with E-state index in [1.165, 1.54) is 0 Å².